The van der Waals surface area contributed by atoms with Crippen LogP contribution in [0.25, 0.3) is 10.9 Å². The summed E-state index contributed by atoms with van der Waals surface area (Å²) < 4.78 is 5.41. The molecule has 1 aromatic carbocycles. The summed E-state index contributed by atoms with van der Waals surface area (Å²) in [6.45, 7) is 3.66. The van der Waals surface area contributed by atoms with E-state index in [9.17, 15) is 4.79 Å². The maximum atomic E-state index is 11.9. The zero-order valence-corrected chi connectivity index (χ0v) is 13.6. The lowest BCUT2D eigenvalue weighted by Crippen LogP contribution is -2.15. The topological polar surface area (TPSA) is 80.2 Å². The molecule has 0 saturated carbocycles. The molecule has 3 rings (SSSR count). The predicted octanol–water partition coefficient (Wildman–Crippen LogP) is 2.64. The number of Topliss-reactive ketones (excluding diaryl/α,β-unsaturated/α-hetero) is 1. The Hall–Kier alpha value is -3.02. The molecule has 24 heavy (non-hydrogen) atoms. The van der Waals surface area contributed by atoms with Crippen molar-refractivity contribution in [2.45, 2.75) is 13.8 Å². The Bertz CT molecular complexity index is 879. The van der Waals surface area contributed by atoms with Gasteiger partial charge in [0.05, 0.1) is 0 Å². The number of hydrogen-bond donors (Lipinski definition) is 1. The molecule has 0 aliphatic rings. The molecule has 6 heteroatoms. The number of aromatic amines is 1. The summed E-state index contributed by atoms with van der Waals surface area (Å²) >= 11 is 0. The first-order valence-corrected chi connectivity index (χ1v) is 7.64. The second-order valence-corrected chi connectivity index (χ2v) is 5.48. The molecule has 2 aromatic heterocycles. The first kappa shape index (κ1) is 15.9. The van der Waals surface area contributed by atoms with Gasteiger partial charge in [-0.3, -0.25) is 9.79 Å². The molecule has 0 atom stereocenters. The van der Waals surface area contributed by atoms with Gasteiger partial charge in [-0.1, -0.05) is 12.1 Å². The third-order valence-electron chi connectivity index (χ3n) is 3.45. The Morgan fingerprint density at radius 1 is 1.29 bits per heavy atom. The van der Waals surface area contributed by atoms with Gasteiger partial charge in [0.25, 0.3) is 0 Å². The maximum absolute atomic E-state index is 11.9. The van der Waals surface area contributed by atoms with Crippen LogP contribution in [-0.4, -0.2) is 40.1 Å². The smallest absolute Gasteiger partial charge is 0.217 e. The van der Waals surface area contributed by atoms with Crippen LogP contribution >= 0.6 is 0 Å². The van der Waals surface area contributed by atoms with E-state index >= 15 is 0 Å². The fourth-order valence-corrected chi connectivity index (χ4v) is 2.43. The number of aliphatic imine (C=N–C) groups is 1. The van der Waals surface area contributed by atoms with Crippen LogP contribution < -0.4 is 4.74 Å². The number of aromatic nitrogens is 3. The Morgan fingerprint density at radius 3 is 3.00 bits per heavy atom. The van der Waals surface area contributed by atoms with Gasteiger partial charge in [-0.2, -0.15) is 4.98 Å². The molecule has 3 aromatic rings. The molecule has 0 aliphatic heterocycles. The SMILES string of the molecule is Cc1cc(OCC(=O)CN=Cc2cccc3[nH]ccc23)nc(C)n1. The van der Waals surface area contributed by atoms with Crippen molar-refractivity contribution in [2.75, 3.05) is 13.2 Å². The van der Waals surface area contributed by atoms with Crippen LogP contribution in [0.5, 0.6) is 5.88 Å². The van der Waals surface area contributed by atoms with Crippen LogP contribution in [-0.2, 0) is 4.79 Å². The molecule has 0 bridgehead atoms. The van der Waals surface area contributed by atoms with Crippen LogP contribution in [0, 0.1) is 13.8 Å². The molecule has 2 heterocycles. The second kappa shape index (κ2) is 7.04. The molecule has 0 amide bonds. The van der Waals surface area contributed by atoms with E-state index in [4.69, 9.17) is 4.74 Å². The second-order valence-electron chi connectivity index (χ2n) is 5.48. The number of hydrogen-bond acceptors (Lipinski definition) is 5. The molecule has 0 saturated heterocycles. The Balaban J connectivity index is 1.56. The quantitative estimate of drug-likeness (QED) is 0.708. The lowest BCUT2D eigenvalue weighted by atomic mass is 10.1. The minimum atomic E-state index is -0.110. The van der Waals surface area contributed by atoms with Gasteiger partial charge in [-0.25, -0.2) is 4.98 Å². The van der Waals surface area contributed by atoms with Gasteiger partial charge >= 0.3 is 0 Å². The van der Waals surface area contributed by atoms with Crippen LogP contribution in [0.1, 0.15) is 17.1 Å². The number of nitrogens with one attached hydrogen (secondary N) is 1. The minimum Gasteiger partial charge on any atom is -0.469 e. The van der Waals surface area contributed by atoms with Crippen molar-refractivity contribution in [3.05, 3.63) is 53.6 Å². The summed E-state index contributed by atoms with van der Waals surface area (Å²) in [6, 6.07) is 9.60. The van der Waals surface area contributed by atoms with Gasteiger partial charge in [-0.05, 0) is 26.0 Å². The highest BCUT2D eigenvalue weighted by atomic mass is 16.5. The van der Waals surface area contributed by atoms with Crippen molar-refractivity contribution in [3.63, 3.8) is 0 Å². The lowest BCUT2D eigenvalue weighted by Gasteiger charge is -2.05. The van der Waals surface area contributed by atoms with Crippen LogP contribution in [0.4, 0.5) is 0 Å². The highest BCUT2D eigenvalue weighted by molar-refractivity contribution is 5.99. The molecular formula is C18H18N4O2. The van der Waals surface area contributed by atoms with Crippen LogP contribution in [0.15, 0.2) is 41.5 Å². The normalized spacial score (nSPS) is 11.2. The molecule has 0 fully saturated rings. The molecule has 0 unspecified atom stereocenters. The number of fused-ring (bicyclic) bond motifs is 1. The summed E-state index contributed by atoms with van der Waals surface area (Å²) in [6.07, 6.45) is 3.60. The lowest BCUT2D eigenvalue weighted by molar-refractivity contribution is -0.119. The maximum Gasteiger partial charge on any atom is 0.217 e. The van der Waals surface area contributed by atoms with Gasteiger partial charge in [-0.15, -0.1) is 0 Å². The molecule has 1 N–H and O–H groups in total. The molecule has 0 spiro atoms. The monoisotopic (exact) mass is 322 g/mol. The number of nitrogens with zero attached hydrogens (tertiary/aromatic N) is 3. The largest absolute Gasteiger partial charge is 0.469 e. The third-order valence-corrected chi connectivity index (χ3v) is 3.45. The first-order chi connectivity index (χ1) is 11.6. The van der Waals surface area contributed by atoms with Gasteiger partial charge in [0.1, 0.15) is 12.4 Å². The fourth-order valence-electron chi connectivity index (χ4n) is 2.43. The van der Waals surface area contributed by atoms with E-state index in [-0.39, 0.29) is 18.9 Å². The number of carbonyl (C=O) groups excluding carboxylic acids is 1. The van der Waals surface area contributed by atoms with E-state index in [0.717, 1.165) is 22.2 Å². The number of ether oxygens (including phenoxy) is 1. The summed E-state index contributed by atoms with van der Waals surface area (Å²) in [5.41, 5.74) is 2.83. The van der Waals surface area contributed by atoms with E-state index < -0.39 is 0 Å². The Morgan fingerprint density at radius 2 is 2.17 bits per heavy atom. The standard InChI is InChI=1S/C18H18N4O2/c1-12-8-18(22-13(2)21-12)24-11-15(23)10-19-9-14-4-3-5-17-16(14)6-7-20-17/h3-9,20H,10-11H2,1-2H3. The van der Waals surface area contributed by atoms with Crippen molar-refractivity contribution in [1.82, 2.24) is 15.0 Å². The van der Waals surface area contributed by atoms with Gasteiger partial charge in [0.15, 0.2) is 12.4 Å². The minimum absolute atomic E-state index is 0.0540. The van der Waals surface area contributed by atoms with Gasteiger partial charge in [0.2, 0.25) is 5.88 Å². The van der Waals surface area contributed by atoms with E-state index in [1.807, 2.05) is 37.4 Å². The number of benzene rings is 1. The zero-order chi connectivity index (χ0) is 16.9. The van der Waals surface area contributed by atoms with Crippen molar-refractivity contribution < 1.29 is 9.53 Å². The van der Waals surface area contributed by atoms with Gasteiger partial charge in [0, 0.05) is 40.6 Å². The highest BCUT2D eigenvalue weighted by Crippen LogP contribution is 2.15. The zero-order valence-electron chi connectivity index (χ0n) is 13.6. The van der Waals surface area contributed by atoms with Crippen LogP contribution in [0.2, 0.25) is 0 Å². The summed E-state index contributed by atoms with van der Waals surface area (Å²) in [4.78, 5) is 27.6. The van der Waals surface area contributed by atoms with E-state index in [1.165, 1.54) is 0 Å². The Kier molecular flexibility index (Phi) is 4.65. The predicted molar refractivity (Wildman–Crippen MR) is 92.8 cm³/mol. The van der Waals surface area contributed by atoms with E-state index in [1.54, 1.807) is 19.2 Å². The summed E-state index contributed by atoms with van der Waals surface area (Å²) in [5.74, 6) is 0.922. The molecule has 6 nitrogen and oxygen atoms in total. The van der Waals surface area contributed by atoms with E-state index in [0.29, 0.717) is 11.7 Å². The Labute approximate surface area is 139 Å². The molecular weight excluding hydrogens is 304 g/mol. The molecule has 0 aliphatic carbocycles. The van der Waals surface area contributed by atoms with Crippen molar-refractivity contribution in [3.8, 4) is 5.88 Å². The highest BCUT2D eigenvalue weighted by Gasteiger charge is 2.05. The third kappa shape index (κ3) is 3.84. The van der Waals surface area contributed by atoms with Crippen molar-refractivity contribution in [2.24, 2.45) is 4.99 Å². The number of H-pyrrole nitrogens is 1. The average molecular weight is 322 g/mol. The molecule has 122 valence electrons. The number of aryl methyl sites for hydroxylation is 2. The van der Waals surface area contributed by atoms with E-state index in [2.05, 4.69) is 19.9 Å². The van der Waals surface area contributed by atoms with Gasteiger partial charge < -0.3 is 9.72 Å². The molecule has 0 radical (unpaired) electrons. The van der Waals surface area contributed by atoms with Crippen molar-refractivity contribution in [1.29, 1.82) is 0 Å². The average Bonchev–Trinajstić information content (AvgIpc) is 3.01. The number of carbonyl (C=O) groups is 1. The van der Waals surface area contributed by atoms with Crippen LogP contribution in [0.3, 0.4) is 0 Å². The fraction of sp³-hybridized carbons (Fsp3) is 0.222. The number of ketones is 1. The first-order valence-electron chi connectivity index (χ1n) is 7.64. The van der Waals surface area contributed by atoms with Crippen molar-refractivity contribution >= 4 is 22.9 Å². The number of rotatable bonds is 6. The summed E-state index contributed by atoms with van der Waals surface area (Å²) in [5, 5.41) is 1.08. The summed E-state index contributed by atoms with van der Waals surface area (Å²) in [7, 11) is 0.